The molecule has 0 spiro atoms. The third-order valence-electron chi connectivity index (χ3n) is 2.17. The van der Waals surface area contributed by atoms with Gasteiger partial charge in [0.15, 0.2) is 0 Å². The van der Waals surface area contributed by atoms with Crippen molar-refractivity contribution in [2.45, 2.75) is 78.6 Å². The molecule has 0 saturated carbocycles. The minimum atomic E-state index is -0.961. The Morgan fingerprint density at radius 1 is 0.455 bits per heavy atom. The van der Waals surface area contributed by atoms with E-state index in [-0.39, 0.29) is 19.3 Å². The third-order valence-corrected chi connectivity index (χ3v) is 2.17. The van der Waals surface area contributed by atoms with Gasteiger partial charge in [0.25, 0.3) is 0 Å². The Kier molecular flexibility index (Phi) is 55.3. The van der Waals surface area contributed by atoms with Crippen molar-refractivity contribution in [2.24, 2.45) is 0 Å². The number of quaternary nitrogens is 3. The summed E-state index contributed by atoms with van der Waals surface area (Å²) in [5.74, 6) is -2.84. The fourth-order valence-corrected chi connectivity index (χ4v) is 1.04. The van der Waals surface area contributed by atoms with Gasteiger partial charge in [-0.2, -0.15) is 0 Å². The maximum Gasteiger partial charge on any atom is 0.0661 e. The van der Waals surface area contributed by atoms with E-state index in [9.17, 15) is 29.7 Å². The third kappa shape index (κ3) is 229. The molecule has 0 heterocycles. The molecule has 9 heteroatoms. The van der Waals surface area contributed by atoms with Crippen LogP contribution in [-0.2, 0) is 14.4 Å². The van der Waals surface area contributed by atoms with E-state index in [2.05, 4.69) is 63.4 Å². The quantitative estimate of drug-likeness (QED) is 0.287. The molecule has 9 nitrogen and oxygen atoms in total. The molecule has 0 atom stereocenters. The second-order valence-corrected chi connectivity index (χ2v) is 8.93. The fourth-order valence-electron chi connectivity index (χ4n) is 1.04. The predicted octanol–water partition coefficient (Wildman–Crippen LogP) is -3.94. The first-order chi connectivity index (χ1) is 15.0. The van der Waals surface area contributed by atoms with Crippen LogP contribution in [0, 0.1) is 0 Å². The number of carbonyl (C=O) groups is 3. The highest BCUT2D eigenvalue weighted by Gasteiger charge is 1.84. The van der Waals surface area contributed by atoms with Gasteiger partial charge in [0.2, 0.25) is 0 Å². The van der Waals surface area contributed by atoms with Crippen LogP contribution in [0.5, 0.6) is 0 Å². The summed E-state index contributed by atoms with van der Waals surface area (Å²) in [6, 6.07) is 0. The molecule has 0 saturated heterocycles. The first-order valence-corrected chi connectivity index (χ1v) is 11.9. The van der Waals surface area contributed by atoms with Gasteiger partial charge < -0.3 is 44.4 Å². The maximum absolute atomic E-state index is 9.76. The van der Waals surface area contributed by atoms with Crippen molar-refractivity contribution in [3.05, 3.63) is 0 Å². The molecule has 33 heavy (non-hydrogen) atoms. The van der Waals surface area contributed by atoms with Crippen LogP contribution < -0.4 is 30.0 Å². The van der Waals surface area contributed by atoms with Crippen molar-refractivity contribution in [3.63, 3.8) is 0 Å². The number of carboxylic acid groups (broad SMARTS) is 3. The average Bonchev–Trinajstić information content (AvgIpc) is 2.59. The standard InChI is InChI=1S/C6H12O2.C5H10O2.C4H8O2.3C3H9N/c1-2-3-4-5-6(7)8;1-2-3-4-5(6)7;1-2-3-4(5)6;3*1-4(2)3/h2-5H2,1H3,(H,7,8);2-4H2,1H3,(H,6,7);2-3H2,1H3,(H,5,6);3*1-3H3. The smallest absolute Gasteiger partial charge is 0.0661 e. The zero-order valence-electron chi connectivity index (χ0n) is 23.8. The number of carboxylic acids is 3. The molecule has 0 aliphatic carbocycles. The van der Waals surface area contributed by atoms with Crippen LogP contribution in [0.3, 0.4) is 0 Å². The van der Waals surface area contributed by atoms with E-state index in [1.807, 2.05) is 13.8 Å². The van der Waals surface area contributed by atoms with Gasteiger partial charge in [0, 0.05) is 17.9 Å². The summed E-state index contributed by atoms with van der Waals surface area (Å²) in [5.41, 5.74) is 0. The second-order valence-electron chi connectivity index (χ2n) is 8.93. The van der Waals surface area contributed by atoms with Gasteiger partial charge in [-0.15, -0.1) is 0 Å². The predicted molar refractivity (Wildman–Crippen MR) is 130 cm³/mol. The van der Waals surface area contributed by atoms with Gasteiger partial charge in [-0.3, -0.25) is 0 Å². The average molecular weight is 484 g/mol. The SMILES string of the molecule is CCCC(=O)[O-].CCCCC(=O)[O-].CCCCCC(=O)[O-].C[NH+](C)C.C[NH+](C)C.C[NH+](C)C. The molecule has 0 unspecified atom stereocenters. The summed E-state index contributed by atoms with van der Waals surface area (Å²) >= 11 is 0. The molecule has 0 bridgehead atoms. The molecule has 3 N–H and O–H groups in total. The summed E-state index contributed by atoms with van der Waals surface area (Å²) in [7, 11) is 18.8. The van der Waals surface area contributed by atoms with E-state index in [0.29, 0.717) is 6.42 Å². The Balaban J connectivity index is -0.0000000679. The number of unbranched alkanes of at least 4 members (excludes halogenated alkanes) is 3. The van der Waals surface area contributed by atoms with Gasteiger partial charge in [-0.25, -0.2) is 0 Å². The number of hydrogen-bond donors (Lipinski definition) is 3. The monoisotopic (exact) mass is 483 g/mol. The summed E-state index contributed by atoms with van der Waals surface area (Å²) < 4.78 is 0. The molecule has 0 amide bonds. The molecule has 204 valence electrons. The fraction of sp³-hybridized carbons (Fsp3) is 0.875. The van der Waals surface area contributed by atoms with Crippen molar-refractivity contribution < 1.29 is 44.4 Å². The molecule has 0 rings (SSSR count). The van der Waals surface area contributed by atoms with Gasteiger partial charge in [-0.1, -0.05) is 46.5 Å². The maximum atomic E-state index is 9.76. The van der Waals surface area contributed by atoms with Gasteiger partial charge in [0.05, 0.1) is 63.4 Å². The highest BCUT2D eigenvalue weighted by atomic mass is 16.4. The number of rotatable bonds is 9. The van der Waals surface area contributed by atoms with Crippen LogP contribution in [0.25, 0.3) is 0 Å². The number of nitrogens with one attached hydrogen (secondary N) is 3. The van der Waals surface area contributed by atoms with Crippen molar-refractivity contribution in [3.8, 4) is 0 Å². The van der Waals surface area contributed by atoms with Crippen molar-refractivity contribution in [1.82, 2.24) is 0 Å². The molecule has 0 aliphatic heterocycles. The van der Waals surface area contributed by atoms with Gasteiger partial charge in [-0.05, 0) is 32.1 Å². The van der Waals surface area contributed by atoms with Crippen LogP contribution in [0.2, 0.25) is 0 Å². The Bertz CT molecular complexity index is 368. The van der Waals surface area contributed by atoms with Crippen LogP contribution >= 0.6 is 0 Å². The molecule has 0 aromatic carbocycles. The van der Waals surface area contributed by atoms with Gasteiger partial charge >= 0.3 is 0 Å². The summed E-state index contributed by atoms with van der Waals surface area (Å²) in [4.78, 5) is 33.1. The minimum absolute atomic E-state index is 0.181. The Hall–Kier alpha value is -1.71. The van der Waals surface area contributed by atoms with Crippen LogP contribution in [0.4, 0.5) is 0 Å². The number of hydrogen-bond acceptors (Lipinski definition) is 6. The molecular weight excluding hydrogens is 426 g/mol. The lowest BCUT2D eigenvalue weighted by atomic mass is 10.2. The Labute approximate surface area is 204 Å². The molecular formula is C24H57N3O6. The topological polar surface area (TPSA) is 134 Å². The van der Waals surface area contributed by atoms with Crippen molar-refractivity contribution in [2.75, 3.05) is 63.4 Å². The van der Waals surface area contributed by atoms with Crippen molar-refractivity contribution >= 4 is 17.9 Å². The van der Waals surface area contributed by atoms with E-state index < -0.39 is 17.9 Å². The zero-order chi connectivity index (χ0) is 27.8. The molecule has 0 aromatic heterocycles. The largest absolute Gasteiger partial charge is 0.550 e. The highest BCUT2D eigenvalue weighted by molar-refractivity contribution is 5.64. The summed E-state index contributed by atoms with van der Waals surface area (Å²) in [6.45, 7) is 5.79. The van der Waals surface area contributed by atoms with Crippen LogP contribution in [0.15, 0.2) is 0 Å². The van der Waals surface area contributed by atoms with E-state index >= 15 is 0 Å². The van der Waals surface area contributed by atoms with E-state index in [0.717, 1.165) is 32.1 Å². The molecule has 0 aliphatic rings. The first-order valence-electron chi connectivity index (χ1n) is 11.9. The number of carbonyl (C=O) groups excluding carboxylic acids is 3. The lowest BCUT2D eigenvalue weighted by molar-refractivity contribution is -0.836. The molecule has 0 aromatic rings. The zero-order valence-corrected chi connectivity index (χ0v) is 23.8. The molecule has 0 fully saturated rings. The highest BCUT2D eigenvalue weighted by Crippen LogP contribution is 1.96. The summed E-state index contributed by atoms with van der Waals surface area (Å²) in [6.07, 6.45) is 5.75. The molecule has 0 radical (unpaired) electrons. The first kappa shape index (κ1) is 44.9. The lowest BCUT2D eigenvalue weighted by Crippen LogP contribution is -3.02. The van der Waals surface area contributed by atoms with E-state index in [1.165, 1.54) is 14.7 Å². The van der Waals surface area contributed by atoms with Crippen molar-refractivity contribution in [1.29, 1.82) is 0 Å². The minimum Gasteiger partial charge on any atom is -0.550 e. The Morgan fingerprint density at radius 3 is 0.818 bits per heavy atom. The van der Waals surface area contributed by atoms with E-state index in [1.54, 1.807) is 6.92 Å². The number of aliphatic carboxylic acids is 3. The summed E-state index contributed by atoms with van der Waals surface area (Å²) in [5, 5.41) is 28.9. The Morgan fingerprint density at radius 2 is 0.697 bits per heavy atom. The van der Waals surface area contributed by atoms with Crippen LogP contribution in [0.1, 0.15) is 78.6 Å². The van der Waals surface area contributed by atoms with Gasteiger partial charge in [0.1, 0.15) is 0 Å². The van der Waals surface area contributed by atoms with E-state index in [4.69, 9.17) is 0 Å². The van der Waals surface area contributed by atoms with Crippen LogP contribution in [-0.4, -0.2) is 81.3 Å². The lowest BCUT2D eigenvalue weighted by Gasteiger charge is -1.97. The normalized spacial score (nSPS) is 8.82. The second kappa shape index (κ2) is 40.6.